The largest absolute Gasteiger partial charge is 0.495 e. The summed E-state index contributed by atoms with van der Waals surface area (Å²) in [5.74, 6) is -4.17. The molecule has 2 saturated carbocycles. The molecule has 0 radical (unpaired) electrons. The minimum absolute atomic E-state index is 0.0619. The number of benzene rings is 1. The molecule has 1 aliphatic heterocycles. The normalized spacial score (nSPS) is 30.3. The quantitative estimate of drug-likeness (QED) is 0.401. The van der Waals surface area contributed by atoms with Crippen molar-refractivity contribution in [2.75, 3.05) is 0 Å². The zero-order valence-electron chi connectivity index (χ0n) is 18.5. The van der Waals surface area contributed by atoms with Crippen molar-refractivity contribution in [1.29, 1.82) is 0 Å². The van der Waals surface area contributed by atoms with Gasteiger partial charge in [0.25, 0.3) is 0 Å². The second kappa shape index (κ2) is 7.44. The first kappa shape index (κ1) is 23.0. The van der Waals surface area contributed by atoms with Gasteiger partial charge in [-0.3, -0.25) is 0 Å². The molecule has 0 N–H and O–H groups in total. The summed E-state index contributed by atoms with van der Waals surface area (Å²) < 4.78 is 78.7. The molecular formula is C23H30BF5O2. The van der Waals surface area contributed by atoms with Crippen molar-refractivity contribution in [3.63, 3.8) is 0 Å². The van der Waals surface area contributed by atoms with E-state index in [4.69, 9.17) is 9.31 Å². The van der Waals surface area contributed by atoms with E-state index in [1.54, 1.807) is 0 Å². The van der Waals surface area contributed by atoms with Gasteiger partial charge in [-0.2, -0.15) is 13.2 Å². The molecule has 0 aromatic heterocycles. The van der Waals surface area contributed by atoms with Crippen LogP contribution in [0.5, 0.6) is 0 Å². The first-order valence-electron chi connectivity index (χ1n) is 11.1. The molecule has 3 aliphatic rings. The summed E-state index contributed by atoms with van der Waals surface area (Å²) >= 11 is 0. The van der Waals surface area contributed by atoms with E-state index in [0.717, 1.165) is 16.6 Å². The molecule has 1 aromatic rings. The SMILES string of the molecule is CC1(C)OB(c2ccc(C3CC(F)(F)C3)cc2C2CCC(C(F)(F)F)CC2)OC1(C)C. The van der Waals surface area contributed by atoms with E-state index in [1.807, 2.05) is 45.9 Å². The van der Waals surface area contributed by atoms with Crippen molar-refractivity contribution in [2.24, 2.45) is 5.92 Å². The van der Waals surface area contributed by atoms with Crippen LogP contribution in [0.2, 0.25) is 0 Å². The minimum atomic E-state index is -4.17. The number of hydrogen-bond acceptors (Lipinski definition) is 2. The van der Waals surface area contributed by atoms with Gasteiger partial charge in [0.1, 0.15) is 0 Å². The lowest BCUT2D eigenvalue weighted by Crippen LogP contribution is -2.41. The van der Waals surface area contributed by atoms with Gasteiger partial charge in [-0.05, 0) is 81.8 Å². The Labute approximate surface area is 181 Å². The second-order valence-electron chi connectivity index (χ2n) is 10.5. The van der Waals surface area contributed by atoms with Gasteiger partial charge in [-0.15, -0.1) is 0 Å². The average molecular weight is 444 g/mol. The monoisotopic (exact) mass is 444 g/mol. The molecule has 1 saturated heterocycles. The molecule has 3 fully saturated rings. The summed E-state index contributed by atoms with van der Waals surface area (Å²) in [6, 6.07) is 5.66. The Bertz CT molecular complexity index is 804. The van der Waals surface area contributed by atoms with Crippen LogP contribution in [-0.4, -0.2) is 30.4 Å². The van der Waals surface area contributed by atoms with Gasteiger partial charge in [-0.25, -0.2) is 8.78 Å². The molecule has 0 amide bonds. The topological polar surface area (TPSA) is 18.5 Å². The first-order chi connectivity index (χ1) is 14.2. The molecule has 4 rings (SSSR count). The summed E-state index contributed by atoms with van der Waals surface area (Å²) in [6.45, 7) is 7.80. The molecule has 0 spiro atoms. The Hall–Kier alpha value is -1.15. The van der Waals surface area contributed by atoms with E-state index in [9.17, 15) is 22.0 Å². The van der Waals surface area contributed by atoms with Crippen LogP contribution in [0.3, 0.4) is 0 Å². The van der Waals surface area contributed by atoms with Gasteiger partial charge in [0.15, 0.2) is 0 Å². The summed E-state index contributed by atoms with van der Waals surface area (Å²) in [5.41, 5.74) is 1.45. The molecule has 2 aliphatic carbocycles. The van der Waals surface area contributed by atoms with Crippen LogP contribution in [0.15, 0.2) is 18.2 Å². The molecule has 172 valence electrons. The van der Waals surface area contributed by atoms with Gasteiger partial charge in [-0.1, -0.05) is 18.2 Å². The molecule has 1 aromatic carbocycles. The van der Waals surface area contributed by atoms with Crippen LogP contribution in [0, 0.1) is 5.92 Å². The highest BCUT2D eigenvalue weighted by Crippen LogP contribution is 2.49. The van der Waals surface area contributed by atoms with E-state index in [0.29, 0.717) is 12.8 Å². The van der Waals surface area contributed by atoms with E-state index >= 15 is 0 Å². The van der Waals surface area contributed by atoms with Crippen LogP contribution >= 0.6 is 0 Å². The highest BCUT2D eigenvalue weighted by atomic mass is 19.4. The third-order valence-electron chi connectivity index (χ3n) is 7.81. The summed E-state index contributed by atoms with van der Waals surface area (Å²) in [4.78, 5) is 0. The van der Waals surface area contributed by atoms with Gasteiger partial charge in [0.05, 0.1) is 17.1 Å². The van der Waals surface area contributed by atoms with E-state index < -0.39 is 36.3 Å². The lowest BCUT2D eigenvalue weighted by molar-refractivity contribution is -0.182. The fraction of sp³-hybridized carbons (Fsp3) is 0.739. The molecule has 8 heteroatoms. The van der Waals surface area contributed by atoms with Crippen LogP contribution in [-0.2, 0) is 9.31 Å². The molecule has 0 unspecified atom stereocenters. The molecule has 0 atom stereocenters. The standard InChI is InChI=1S/C23H30BF5O2/c1-20(2)21(3,4)31-24(30-20)19-10-7-15(16-12-22(25,26)13-16)11-18(19)14-5-8-17(9-6-14)23(27,28)29/h7,10-11,14,16-17H,5-6,8-9,12-13H2,1-4H3. The predicted molar refractivity (Wildman–Crippen MR) is 110 cm³/mol. The molecular weight excluding hydrogens is 414 g/mol. The highest BCUT2D eigenvalue weighted by molar-refractivity contribution is 6.62. The van der Waals surface area contributed by atoms with Crippen LogP contribution in [0.1, 0.15) is 89.2 Å². The van der Waals surface area contributed by atoms with Gasteiger partial charge in [0, 0.05) is 12.8 Å². The van der Waals surface area contributed by atoms with E-state index in [2.05, 4.69) is 0 Å². The Morgan fingerprint density at radius 2 is 1.42 bits per heavy atom. The highest BCUT2D eigenvalue weighted by Gasteiger charge is 2.53. The first-order valence-corrected chi connectivity index (χ1v) is 11.1. The third kappa shape index (κ3) is 4.39. The number of rotatable bonds is 3. The summed E-state index contributed by atoms with van der Waals surface area (Å²) in [6.07, 6.45) is -3.52. The molecule has 0 bridgehead atoms. The zero-order valence-corrected chi connectivity index (χ0v) is 18.5. The lowest BCUT2D eigenvalue weighted by Gasteiger charge is -2.36. The fourth-order valence-electron chi connectivity index (χ4n) is 5.01. The Balaban J connectivity index is 1.63. The van der Waals surface area contributed by atoms with E-state index in [1.165, 1.54) is 0 Å². The van der Waals surface area contributed by atoms with Crippen LogP contribution in [0.25, 0.3) is 0 Å². The van der Waals surface area contributed by atoms with Crippen molar-refractivity contribution >= 4 is 12.6 Å². The van der Waals surface area contributed by atoms with Crippen molar-refractivity contribution in [3.8, 4) is 0 Å². The average Bonchev–Trinajstić information content (AvgIpc) is 2.86. The van der Waals surface area contributed by atoms with Gasteiger partial charge >= 0.3 is 13.3 Å². The Morgan fingerprint density at radius 3 is 1.90 bits per heavy atom. The van der Waals surface area contributed by atoms with Crippen LogP contribution < -0.4 is 5.46 Å². The third-order valence-corrected chi connectivity index (χ3v) is 7.81. The number of hydrogen-bond donors (Lipinski definition) is 0. The van der Waals surface area contributed by atoms with Crippen LogP contribution in [0.4, 0.5) is 22.0 Å². The summed E-state index contributed by atoms with van der Waals surface area (Å²) in [7, 11) is -0.628. The maximum absolute atomic E-state index is 13.4. The maximum atomic E-state index is 13.4. The Kier molecular flexibility index (Phi) is 5.53. The fourth-order valence-corrected chi connectivity index (χ4v) is 5.01. The van der Waals surface area contributed by atoms with Gasteiger partial charge in [0.2, 0.25) is 5.92 Å². The van der Waals surface area contributed by atoms with E-state index in [-0.39, 0.29) is 37.5 Å². The van der Waals surface area contributed by atoms with Crippen molar-refractivity contribution in [2.45, 2.75) is 101 Å². The van der Waals surface area contributed by atoms with Crippen molar-refractivity contribution in [1.82, 2.24) is 0 Å². The lowest BCUT2D eigenvalue weighted by atomic mass is 9.67. The second-order valence-corrected chi connectivity index (χ2v) is 10.5. The molecule has 31 heavy (non-hydrogen) atoms. The maximum Gasteiger partial charge on any atom is 0.495 e. The minimum Gasteiger partial charge on any atom is -0.399 e. The molecule has 2 nitrogen and oxygen atoms in total. The van der Waals surface area contributed by atoms with Gasteiger partial charge < -0.3 is 9.31 Å². The zero-order chi connectivity index (χ0) is 22.8. The number of alkyl halides is 5. The predicted octanol–water partition coefficient (Wildman–Crippen LogP) is 6.33. The van der Waals surface area contributed by atoms with Crippen molar-refractivity contribution in [3.05, 3.63) is 29.3 Å². The molecule has 1 heterocycles. The van der Waals surface area contributed by atoms with Crippen molar-refractivity contribution < 1.29 is 31.3 Å². The summed E-state index contributed by atoms with van der Waals surface area (Å²) in [5, 5.41) is 0. The smallest absolute Gasteiger partial charge is 0.399 e. The number of halogens is 5. The Morgan fingerprint density at radius 1 is 0.871 bits per heavy atom.